The highest BCUT2D eigenvalue weighted by Crippen LogP contribution is 2.35. The molecule has 0 unspecified atom stereocenters. The topological polar surface area (TPSA) is 97.4 Å². The van der Waals surface area contributed by atoms with Gasteiger partial charge in [-0.05, 0) is 54.9 Å². The number of sulfonamides is 1. The highest BCUT2D eigenvalue weighted by Gasteiger charge is 2.35. The van der Waals surface area contributed by atoms with Crippen molar-refractivity contribution in [3.8, 4) is 0 Å². The van der Waals surface area contributed by atoms with Crippen molar-refractivity contribution in [2.24, 2.45) is 11.1 Å². The Morgan fingerprint density at radius 3 is 2.56 bits per heavy atom. The molecule has 0 amide bonds. The first kappa shape index (κ1) is 18.1. The van der Waals surface area contributed by atoms with Gasteiger partial charge < -0.3 is 14.8 Å². The van der Waals surface area contributed by atoms with Gasteiger partial charge in [-0.1, -0.05) is 6.07 Å². The number of nitrogens with one attached hydrogen (secondary N) is 1. The van der Waals surface area contributed by atoms with Crippen molar-refractivity contribution in [3.05, 3.63) is 58.5 Å². The van der Waals surface area contributed by atoms with E-state index in [9.17, 15) is 13.2 Å². The molecule has 142 valence electrons. The maximum Gasteiger partial charge on any atom is 0.250 e. The first-order chi connectivity index (χ1) is 12.8. The molecule has 1 aromatic heterocycles. The van der Waals surface area contributed by atoms with Crippen LogP contribution in [0.4, 0.5) is 5.69 Å². The fourth-order valence-electron chi connectivity index (χ4n) is 3.99. The highest BCUT2D eigenvalue weighted by molar-refractivity contribution is 7.89. The molecule has 1 fully saturated rings. The molecule has 0 radical (unpaired) electrons. The van der Waals surface area contributed by atoms with E-state index >= 15 is 0 Å². The number of anilines is 1. The molecular weight excluding hydrogens is 384 g/mol. The molecule has 2 aromatic rings. The standard InChI is InChI=1S/C18H20N4O3S2/c19-27(24,25)15-6-4-14(5-7-15)20-18(26)21-9-12-8-13(11-21)16-2-1-3-17(23)22(16)10-12/h1-7,12-13H,8-11H2,(H,20,26)(H2,19,24,25)/t12-,13-/m0/s1. The third-order valence-corrected chi connectivity index (χ3v) is 6.49. The fraction of sp³-hybridized carbons (Fsp3) is 0.333. The predicted octanol–water partition coefficient (Wildman–Crippen LogP) is 1.31. The van der Waals surface area contributed by atoms with Crippen LogP contribution in [-0.2, 0) is 16.6 Å². The molecule has 1 saturated heterocycles. The number of benzene rings is 1. The molecule has 7 nitrogen and oxygen atoms in total. The lowest BCUT2D eigenvalue weighted by Crippen LogP contribution is -2.50. The van der Waals surface area contributed by atoms with Crippen LogP contribution in [0.2, 0.25) is 0 Å². The Morgan fingerprint density at radius 1 is 1.11 bits per heavy atom. The van der Waals surface area contributed by atoms with E-state index in [1.807, 2.05) is 16.7 Å². The molecule has 0 spiro atoms. The van der Waals surface area contributed by atoms with E-state index in [4.69, 9.17) is 17.4 Å². The Morgan fingerprint density at radius 2 is 1.85 bits per heavy atom. The van der Waals surface area contributed by atoms with E-state index in [1.165, 1.54) is 12.1 Å². The normalized spacial score (nSPS) is 21.4. The summed E-state index contributed by atoms with van der Waals surface area (Å²) in [5.74, 6) is 0.650. The van der Waals surface area contributed by atoms with Gasteiger partial charge >= 0.3 is 0 Å². The molecule has 2 atom stereocenters. The summed E-state index contributed by atoms with van der Waals surface area (Å²) in [5, 5.41) is 8.89. The smallest absolute Gasteiger partial charge is 0.250 e. The van der Waals surface area contributed by atoms with Crippen molar-refractivity contribution in [2.45, 2.75) is 23.8 Å². The van der Waals surface area contributed by atoms with Crippen LogP contribution in [0.25, 0.3) is 0 Å². The number of fused-ring (bicyclic) bond motifs is 4. The number of likely N-dealkylation sites (tertiary alicyclic amines) is 1. The first-order valence-corrected chi connectivity index (χ1v) is 10.7. The van der Waals surface area contributed by atoms with Gasteiger partial charge in [0, 0.05) is 43.0 Å². The molecule has 2 aliphatic heterocycles. The number of rotatable bonds is 2. The van der Waals surface area contributed by atoms with Gasteiger partial charge in [0.15, 0.2) is 5.11 Å². The SMILES string of the molecule is NS(=O)(=O)c1ccc(NC(=S)N2C[C@@H]3C[C@@H](C2)c2cccc(=O)n2C3)cc1. The van der Waals surface area contributed by atoms with Crippen molar-refractivity contribution in [2.75, 3.05) is 18.4 Å². The van der Waals surface area contributed by atoms with Crippen LogP contribution in [0.15, 0.2) is 52.2 Å². The van der Waals surface area contributed by atoms with Gasteiger partial charge in [-0.2, -0.15) is 0 Å². The summed E-state index contributed by atoms with van der Waals surface area (Å²) in [6.45, 7) is 2.26. The van der Waals surface area contributed by atoms with Gasteiger partial charge in [-0.25, -0.2) is 13.6 Å². The minimum absolute atomic E-state index is 0.0614. The average Bonchev–Trinajstić information content (AvgIpc) is 2.62. The Bertz CT molecular complexity index is 1050. The second kappa shape index (κ2) is 6.74. The quantitative estimate of drug-likeness (QED) is 0.733. The number of nitrogens with two attached hydrogens (primary N) is 1. The molecule has 4 rings (SSSR count). The Balaban J connectivity index is 1.49. The highest BCUT2D eigenvalue weighted by atomic mass is 32.2. The average molecular weight is 405 g/mol. The molecule has 3 heterocycles. The number of nitrogens with zero attached hydrogens (tertiary/aromatic N) is 2. The minimum Gasteiger partial charge on any atom is -0.348 e. The molecule has 27 heavy (non-hydrogen) atoms. The third kappa shape index (κ3) is 3.62. The maximum atomic E-state index is 12.1. The molecule has 1 aromatic carbocycles. The van der Waals surface area contributed by atoms with Crippen LogP contribution in [-0.4, -0.2) is 36.1 Å². The summed E-state index contributed by atoms with van der Waals surface area (Å²) in [6, 6.07) is 11.6. The second-order valence-corrected chi connectivity index (χ2v) is 9.05. The Hall–Kier alpha value is -2.23. The van der Waals surface area contributed by atoms with Gasteiger partial charge in [-0.3, -0.25) is 4.79 Å². The van der Waals surface area contributed by atoms with Gasteiger partial charge in [0.1, 0.15) is 0 Å². The number of hydrogen-bond acceptors (Lipinski definition) is 4. The van der Waals surface area contributed by atoms with E-state index in [1.54, 1.807) is 18.2 Å². The zero-order valence-electron chi connectivity index (χ0n) is 14.5. The van der Waals surface area contributed by atoms with E-state index in [-0.39, 0.29) is 16.4 Å². The summed E-state index contributed by atoms with van der Waals surface area (Å²) in [5.41, 5.74) is 1.84. The lowest BCUT2D eigenvalue weighted by molar-refractivity contribution is 0.180. The summed E-state index contributed by atoms with van der Waals surface area (Å²) in [6.07, 6.45) is 1.06. The molecule has 2 aliphatic rings. The lowest BCUT2D eigenvalue weighted by Gasteiger charge is -2.43. The van der Waals surface area contributed by atoms with Crippen molar-refractivity contribution >= 4 is 33.0 Å². The van der Waals surface area contributed by atoms with Crippen molar-refractivity contribution in [3.63, 3.8) is 0 Å². The first-order valence-electron chi connectivity index (χ1n) is 8.70. The van der Waals surface area contributed by atoms with E-state index < -0.39 is 10.0 Å². The van der Waals surface area contributed by atoms with Crippen molar-refractivity contribution < 1.29 is 8.42 Å². The third-order valence-electron chi connectivity index (χ3n) is 5.20. The van der Waals surface area contributed by atoms with E-state index in [2.05, 4.69) is 10.2 Å². The van der Waals surface area contributed by atoms with Crippen molar-refractivity contribution in [1.29, 1.82) is 0 Å². The van der Waals surface area contributed by atoms with Gasteiger partial charge in [0.25, 0.3) is 5.56 Å². The summed E-state index contributed by atoms with van der Waals surface area (Å²) in [7, 11) is -3.71. The fourth-order valence-corrected chi connectivity index (χ4v) is 4.78. The molecule has 2 bridgehead atoms. The molecule has 9 heteroatoms. The van der Waals surface area contributed by atoms with Gasteiger partial charge in [0.2, 0.25) is 10.0 Å². The molecule has 0 aliphatic carbocycles. The summed E-state index contributed by atoms with van der Waals surface area (Å²) in [4.78, 5) is 14.3. The van der Waals surface area contributed by atoms with Crippen LogP contribution < -0.4 is 16.0 Å². The summed E-state index contributed by atoms with van der Waals surface area (Å²) < 4.78 is 24.6. The van der Waals surface area contributed by atoms with Crippen LogP contribution in [0.3, 0.4) is 0 Å². The van der Waals surface area contributed by atoms with Crippen LogP contribution >= 0.6 is 12.2 Å². The molecular formula is C18H20N4O3S2. The number of piperidine rings is 1. The number of primary sulfonamides is 1. The van der Waals surface area contributed by atoms with E-state index in [0.717, 1.165) is 25.2 Å². The molecule has 3 N–H and O–H groups in total. The zero-order chi connectivity index (χ0) is 19.2. The number of hydrogen-bond donors (Lipinski definition) is 2. The Kier molecular flexibility index (Phi) is 4.53. The Labute approximate surface area is 162 Å². The van der Waals surface area contributed by atoms with Crippen LogP contribution in [0.5, 0.6) is 0 Å². The largest absolute Gasteiger partial charge is 0.348 e. The summed E-state index contributed by atoms with van der Waals surface area (Å²) >= 11 is 5.57. The number of aromatic nitrogens is 1. The van der Waals surface area contributed by atoms with Crippen LogP contribution in [0, 0.1) is 5.92 Å². The minimum atomic E-state index is -3.71. The van der Waals surface area contributed by atoms with Gasteiger partial charge in [0.05, 0.1) is 4.90 Å². The number of thiocarbonyl (C=S) groups is 1. The zero-order valence-corrected chi connectivity index (χ0v) is 16.2. The predicted molar refractivity (Wildman–Crippen MR) is 107 cm³/mol. The number of pyridine rings is 1. The van der Waals surface area contributed by atoms with E-state index in [0.29, 0.717) is 23.3 Å². The van der Waals surface area contributed by atoms with Crippen LogP contribution in [0.1, 0.15) is 18.0 Å². The monoisotopic (exact) mass is 404 g/mol. The van der Waals surface area contributed by atoms with Crippen molar-refractivity contribution in [1.82, 2.24) is 9.47 Å². The second-order valence-electron chi connectivity index (χ2n) is 7.10. The maximum absolute atomic E-state index is 12.1. The van der Waals surface area contributed by atoms with Gasteiger partial charge in [-0.15, -0.1) is 0 Å². The molecule has 0 saturated carbocycles. The lowest BCUT2D eigenvalue weighted by atomic mass is 9.83.